The maximum atomic E-state index is 5.83. The molecule has 0 aromatic carbocycles. The van der Waals surface area contributed by atoms with Crippen LogP contribution in [-0.4, -0.2) is 36.0 Å². The Labute approximate surface area is 83.4 Å². The molecule has 14 heavy (non-hydrogen) atoms. The Morgan fingerprint density at radius 1 is 1.64 bits per heavy atom. The molecule has 5 heteroatoms. The van der Waals surface area contributed by atoms with E-state index in [1.165, 1.54) is 0 Å². The van der Waals surface area contributed by atoms with Gasteiger partial charge in [-0.05, 0) is 6.42 Å². The minimum atomic E-state index is 0.281. The third-order valence-corrected chi connectivity index (χ3v) is 2.58. The van der Waals surface area contributed by atoms with Crippen LogP contribution in [0.2, 0.25) is 0 Å². The van der Waals surface area contributed by atoms with E-state index in [4.69, 9.17) is 10.5 Å². The van der Waals surface area contributed by atoms with Crippen LogP contribution in [0.15, 0.2) is 6.07 Å². The zero-order chi connectivity index (χ0) is 10.1. The minimum Gasteiger partial charge on any atom is -0.481 e. The molecule has 0 radical (unpaired) electrons. The zero-order valence-corrected chi connectivity index (χ0v) is 8.60. The van der Waals surface area contributed by atoms with E-state index >= 15 is 0 Å². The molecule has 0 saturated carbocycles. The molecule has 0 bridgehead atoms. The van der Waals surface area contributed by atoms with Gasteiger partial charge in [-0.15, -0.1) is 0 Å². The maximum Gasteiger partial charge on any atom is 0.213 e. The predicted octanol–water partition coefficient (Wildman–Crippen LogP) is -0.0339. The van der Waals surface area contributed by atoms with Crippen LogP contribution in [0.5, 0.6) is 5.88 Å². The van der Waals surface area contributed by atoms with Gasteiger partial charge in [0.25, 0.3) is 0 Å². The smallest absolute Gasteiger partial charge is 0.213 e. The van der Waals surface area contributed by atoms with E-state index in [9.17, 15) is 0 Å². The molecular formula is C9H16N4O. The Bertz CT molecular complexity index is 323. The zero-order valence-electron chi connectivity index (χ0n) is 8.60. The summed E-state index contributed by atoms with van der Waals surface area (Å²) < 4.78 is 6.89. The molecule has 5 nitrogen and oxygen atoms in total. The highest BCUT2D eigenvalue weighted by Gasteiger charge is 2.21. The number of nitrogens with two attached hydrogens (primary N) is 1. The summed E-state index contributed by atoms with van der Waals surface area (Å²) in [5.74, 6) is 1.73. The van der Waals surface area contributed by atoms with Gasteiger partial charge in [-0.2, -0.15) is 5.10 Å². The molecule has 0 spiro atoms. The predicted molar refractivity (Wildman–Crippen MR) is 54.6 cm³/mol. The normalized spacial score (nSPS) is 21.6. The average Bonchev–Trinajstić information content (AvgIpc) is 2.71. The topological polar surface area (TPSA) is 56.3 Å². The maximum absolute atomic E-state index is 5.83. The van der Waals surface area contributed by atoms with Crippen LogP contribution in [0.3, 0.4) is 0 Å². The van der Waals surface area contributed by atoms with Gasteiger partial charge >= 0.3 is 0 Å². The van der Waals surface area contributed by atoms with E-state index in [-0.39, 0.29) is 6.04 Å². The first-order chi connectivity index (χ1) is 6.70. The molecule has 1 atom stereocenters. The molecule has 1 fully saturated rings. The van der Waals surface area contributed by atoms with Gasteiger partial charge in [0.15, 0.2) is 5.82 Å². The number of nitrogens with zero attached hydrogens (tertiary/aromatic N) is 3. The summed E-state index contributed by atoms with van der Waals surface area (Å²) in [6.07, 6.45) is 1.04. The van der Waals surface area contributed by atoms with E-state index in [0.717, 1.165) is 31.2 Å². The van der Waals surface area contributed by atoms with Gasteiger partial charge in [0, 0.05) is 32.2 Å². The highest BCUT2D eigenvalue weighted by Crippen LogP contribution is 2.22. The second-order valence-electron chi connectivity index (χ2n) is 3.66. The number of hydrogen-bond donors (Lipinski definition) is 1. The van der Waals surface area contributed by atoms with Crippen LogP contribution in [0.1, 0.15) is 6.42 Å². The Morgan fingerprint density at radius 2 is 2.43 bits per heavy atom. The number of aryl methyl sites for hydroxylation is 1. The molecule has 2 rings (SSSR count). The van der Waals surface area contributed by atoms with Crippen LogP contribution >= 0.6 is 0 Å². The lowest BCUT2D eigenvalue weighted by Crippen LogP contribution is -2.26. The van der Waals surface area contributed by atoms with E-state index in [0.29, 0.717) is 0 Å². The average molecular weight is 196 g/mol. The molecule has 1 aliphatic heterocycles. The number of hydrogen-bond acceptors (Lipinski definition) is 4. The first-order valence-electron chi connectivity index (χ1n) is 4.79. The van der Waals surface area contributed by atoms with Crippen molar-refractivity contribution in [2.45, 2.75) is 12.5 Å². The van der Waals surface area contributed by atoms with Crippen molar-refractivity contribution in [2.75, 3.05) is 25.1 Å². The van der Waals surface area contributed by atoms with Crippen molar-refractivity contribution in [3.8, 4) is 5.88 Å². The van der Waals surface area contributed by atoms with Crippen LogP contribution < -0.4 is 15.4 Å². The third-order valence-electron chi connectivity index (χ3n) is 2.58. The summed E-state index contributed by atoms with van der Waals surface area (Å²) in [5.41, 5.74) is 5.83. The Morgan fingerprint density at radius 3 is 2.93 bits per heavy atom. The molecule has 1 unspecified atom stereocenters. The van der Waals surface area contributed by atoms with Crippen LogP contribution in [0.4, 0.5) is 5.82 Å². The lowest BCUT2D eigenvalue weighted by atomic mass is 10.3. The van der Waals surface area contributed by atoms with Crippen molar-refractivity contribution >= 4 is 5.82 Å². The third kappa shape index (κ3) is 1.55. The van der Waals surface area contributed by atoms with Gasteiger partial charge < -0.3 is 15.4 Å². The SMILES string of the molecule is COc1cc(N2CCC(N)C2)nn1C. The van der Waals surface area contributed by atoms with Crippen LogP contribution in [-0.2, 0) is 7.05 Å². The molecule has 2 heterocycles. The van der Waals surface area contributed by atoms with Crippen molar-refractivity contribution in [2.24, 2.45) is 12.8 Å². The van der Waals surface area contributed by atoms with Crippen molar-refractivity contribution in [3.63, 3.8) is 0 Å². The summed E-state index contributed by atoms with van der Waals surface area (Å²) in [4.78, 5) is 2.19. The second-order valence-corrected chi connectivity index (χ2v) is 3.66. The van der Waals surface area contributed by atoms with Gasteiger partial charge in [-0.3, -0.25) is 0 Å². The first kappa shape index (κ1) is 9.33. The monoisotopic (exact) mass is 196 g/mol. The first-order valence-corrected chi connectivity index (χ1v) is 4.79. The van der Waals surface area contributed by atoms with Crippen molar-refractivity contribution in [1.29, 1.82) is 0 Å². The quantitative estimate of drug-likeness (QED) is 0.721. The van der Waals surface area contributed by atoms with Crippen molar-refractivity contribution < 1.29 is 4.74 Å². The van der Waals surface area contributed by atoms with Crippen LogP contribution in [0.25, 0.3) is 0 Å². The van der Waals surface area contributed by atoms with E-state index in [1.54, 1.807) is 11.8 Å². The van der Waals surface area contributed by atoms with Crippen molar-refractivity contribution in [1.82, 2.24) is 9.78 Å². The van der Waals surface area contributed by atoms with E-state index < -0.39 is 0 Å². The number of ether oxygens (including phenoxy) is 1. The molecule has 1 aliphatic rings. The number of anilines is 1. The standard InChI is InChI=1S/C9H16N4O/c1-12-9(14-2)5-8(11-12)13-4-3-7(10)6-13/h5,7H,3-4,6,10H2,1-2H3. The molecule has 0 amide bonds. The Balaban J connectivity index is 2.16. The Kier molecular flexibility index (Phi) is 2.33. The Hall–Kier alpha value is -1.23. The summed E-state index contributed by atoms with van der Waals surface area (Å²) in [5, 5.41) is 4.36. The van der Waals surface area contributed by atoms with Crippen LogP contribution in [0, 0.1) is 0 Å². The van der Waals surface area contributed by atoms with Gasteiger partial charge in [-0.1, -0.05) is 0 Å². The van der Waals surface area contributed by atoms with Gasteiger partial charge in [-0.25, -0.2) is 4.68 Å². The number of aromatic nitrogens is 2. The van der Waals surface area contributed by atoms with Crippen molar-refractivity contribution in [3.05, 3.63) is 6.07 Å². The lowest BCUT2D eigenvalue weighted by Gasteiger charge is -2.13. The van der Waals surface area contributed by atoms with E-state index in [2.05, 4.69) is 10.00 Å². The number of rotatable bonds is 2. The molecule has 1 aromatic rings. The fraction of sp³-hybridized carbons (Fsp3) is 0.667. The molecule has 0 aliphatic carbocycles. The largest absolute Gasteiger partial charge is 0.481 e. The lowest BCUT2D eigenvalue weighted by molar-refractivity contribution is 0.373. The molecule has 1 saturated heterocycles. The highest BCUT2D eigenvalue weighted by atomic mass is 16.5. The van der Waals surface area contributed by atoms with E-state index in [1.807, 2.05) is 13.1 Å². The molecular weight excluding hydrogens is 180 g/mol. The summed E-state index contributed by atoms with van der Waals surface area (Å²) in [6, 6.07) is 2.22. The highest BCUT2D eigenvalue weighted by molar-refractivity contribution is 5.43. The fourth-order valence-corrected chi connectivity index (χ4v) is 1.78. The summed E-state index contributed by atoms with van der Waals surface area (Å²) in [6.45, 7) is 1.88. The molecule has 1 aromatic heterocycles. The van der Waals surface area contributed by atoms with Gasteiger partial charge in [0.2, 0.25) is 5.88 Å². The summed E-state index contributed by atoms with van der Waals surface area (Å²) in [7, 11) is 3.52. The minimum absolute atomic E-state index is 0.281. The molecule has 2 N–H and O–H groups in total. The fourth-order valence-electron chi connectivity index (χ4n) is 1.78. The van der Waals surface area contributed by atoms with Gasteiger partial charge in [0.1, 0.15) is 0 Å². The van der Waals surface area contributed by atoms with Gasteiger partial charge in [0.05, 0.1) is 7.11 Å². The molecule has 78 valence electrons. The number of methoxy groups -OCH3 is 1. The second kappa shape index (κ2) is 3.49. The summed E-state index contributed by atoms with van der Waals surface area (Å²) >= 11 is 0.